The Labute approximate surface area is 110 Å². The topological polar surface area (TPSA) is 41.5 Å². The van der Waals surface area contributed by atoms with Crippen LogP contribution in [0.25, 0.3) is 0 Å². The summed E-state index contributed by atoms with van der Waals surface area (Å²) in [5.41, 5.74) is 1.22. The molecule has 0 saturated carbocycles. The number of aliphatic hydroxyl groups is 1. The van der Waals surface area contributed by atoms with Crippen molar-refractivity contribution in [3.63, 3.8) is 0 Å². The molecule has 3 nitrogen and oxygen atoms in total. The number of hydrogen-bond acceptors (Lipinski definition) is 3. The van der Waals surface area contributed by atoms with Gasteiger partial charge in [-0.15, -0.1) is 0 Å². The largest absolute Gasteiger partial charge is 0.497 e. The molecule has 1 aromatic rings. The number of ether oxygens (including phenoxy) is 1. The molecule has 0 bridgehead atoms. The Bertz CT molecular complexity index is 337. The van der Waals surface area contributed by atoms with Gasteiger partial charge < -0.3 is 15.2 Å². The molecule has 0 heterocycles. The van der Waals surface area contributed by atoms with Crippen molar-refractivity contribution < 1.29 is 9.84 Å². The first kappa shape index (κ1) is 15.0. The summed E-state index contributed by atoms with van der Waals surface area (Å²) in [5, 5.41) is 12.7. The van der Waals surface area contributed by atoms with Crippen LogP contribution in [0.15, 0.2) is 24.3 Å². The molecule has 2 N–H and O–H groups in total. The van der Waals surface area contributed by atoms with Crippen molar-refractivity contribution in [2.45, 2.75) is 38.6 Å². The van der Waals surface area contributed by atoms with Gasteiger partial charge in [-0.25, -0.2) is 0 Å². The van der Waals surface area contributed by atoms with Gasteiger partial charge in [0.2, 0.25) is 0 Å². The predicted octanol–water partition coefficient (Wildman–Crippen LogP) is 2.38. The lowest BCUT2D eigenvalue weighted by Gasteiger charge is -2.30. The average molecular weight is 251 g/mol. The summed E-state index contributed by atoms with van der Waals surface area (Å²) in [6.07, 6.45) is 2.78. The Morgan fingerprint density at radius 3 is 2.44 bits per heavy atom. The van der Waals surface area contributed by atoms with Gasteiger partial charge in [0.1, 0.15) is 5.75 Å². The number of methoxy groups -OCH3 is 1. The molecule has 0 fully saturated rings. The van der Waals surface area contributed by atoms with E-state index in [9.17, 15) is 5.11 Å². The van der Waals surface area contributed by atoms with Crippen LogP contribution in [0.2, 0.25) is 0 Å². The fourth-order valence-electron chi connectivity index (χ4n) is 2.11. The highest BCUT2D eigenvalue weighted by molar-refractivity contribution is 5.28. The SMILES string of the molecule is CCCNC(C)(CCO)Cc1ccc(OC)cc1. The van der Waals surface area contributed by atoms with Gasteiger partial charge in [0, 0.05) is 12.1 Å². The first-order valence-electron chi connectivity index (χ1n) is 6.62. The first-order valence-corrected chi connectivity index (χ1v) is 6.62. The quantitative estimate of drug-likeness (QED) is 0.745. The van der Waals surface area contributed by atoms with Crippen molar-refractivity contribution in [1.29, 1.82) is 0 Å². The fraction of sp³-hybridized carbons (Fsp3) is 0.600. The van der Waals surface area contributed by atoms with Crippen molar-refractivity contribution in [3.8, 4) is 5.75 Å². The molecule has 0 saturated heterocycles. The summed E-state index contributed by atoms with van der Waals surface area (Å²) >= 11 is 0. The van der Waals surface area contributed by atoms with Crippen LogP contribution in [0.5, 0.6) is 5.75 Å². The van der Waals surface area contributed by atoms with Crippen LogP contribution in [0.4, 0.5) is 0 Å². The summed E-state index contributed by atoms with van der Waals surface area (Å²) in [5.74, 6) is 0.879. The number of nitrogens with one attached hydrogen (secondary N) is 1. The lowest BCUT2D eigenvalue weighted by molar-refractivity contribution is 0.219. The van der Waals surface area contributed by atoms with Crippen molar-refractivity contribution in [2.75, 3.05) is 20.3 Å². The molecule has 0 spiro atoms. The maximum atomic E-state index is 9.20. The van der Waals surface area contributed by atoms with Crippen molar-refractivity contribution in [3.05, 3.63) is 29.8 Å². The molecular formula is C15H25NO2. The van der Waals surface area contributed by atoms with Gasteiger partial charge in [0.15, 0.2) is 0 Å². The summed E-state index contributed by atoms with van der Waals surface area (Å²) < 4.78 is 5.16. The highest BCUT2D eigenvalue weighted by Crippen LogP contribution is 2.19. The van der Waals surface area contributed by atoms with Gasteiger partial charge in [0.05, 0.1) is 7.11 Å². The number of aliphatic hydroxyl groups excluding tert-OH is 1. The zero-order valence-electron chi connectivity index (χ0n) is 11.7. The van der Waals surface area contributed by atoms with Crippen LogP contribution < -0.4 is 10.1 Å². The normalized spacial score (nSPS) is 14.2. The monoisotopic (exact) mass is 251 g/mol. The van der Waals surface area contributed by atoms with Gasteiger partial charge in [-0.1, -0.05) is 19.1 Å². The zero-order valence-corrected chi connectivity index (χ0v) is 11.7. The predicted molar refractivity (Wildman–Crippen MR) is 75.1 cm³/mol. The number of hydrogen-bond donors (Lipinski definition) is 2. The van der Waals surface area contributed by atoms with E-state index >= 15 is 0 Å². The third kappa shape index (κ3) is 4.67. The Morgan fingerprint density at radius 1 is 1.28 bits per heavy atom. The molecule has 1 unspecified atom stereocenters. The molecule has 0 aliphatic carbocycles. The molecule has 0 amide bonds. The molecular weight excluding hydrogens is 226 g/mol. The van der Waals surface area contributed by atoms with E-state index in [2.05, 4.69) is 31.3 Å². The molecule has 0 radical (unpaired) electrons. The van der Waals surface area contributed by atoms with E-state index in [4.69, 9.17) is 4.74 Å². The second-order valence-corrected chi connectivity index (χ2v) is 4.99. The van der Waals surface area contributed by atoms with Crippen molar-refractivity contribution in [2.24, 2.45) is 0 Å². The van der Waals surface area contributed by atoms with E-state index in [1.165, 1.54) is 5.56 Å². The van der Waals surface area contributed by atoms with Crippen molar-refractivity contribution >= 4 is 0 Å². The van der Waals surface area contributed by atoms with E-state index in [-0.39, 0.29) is 12.1 Å². The average Bonchev–Trinajstić information content (AvgIpc) is 2.38. The second-order valence-electron chi connectivity index (χ2n) is 4.99. The zero-order chi connectivity index (χ0) is 13.4. The molecule has 102 valence electrons. The minimum Gasteiger partial charge on any atom is -0.497 e. The standard InChI is InChI=1S/C15H25NO2/c1-4-10-16-15(2,9-11-17)12-13-5-7-14(18-3)8-6-13/h5-8,16-17H,4,9-12H2,1-3H3. The maximum Gasteiger partial charge on any atom is 0.118 e. The van der Waals surface area contributed by atoms with Crippen LogP contribution in [0.1, 0.15) is 32.3 Å². The third-order valence-corrected chi connectivity index (χ3v) is 3.22. The van der Waals surface area contributed by atoms with Crippen LogP contribution in [-0.4, -0.2) is 30.9 Å². The minimum atomic E-state index is -0.0423. The van der Waals surface area contributed by atoms with Crippen LogP contribution >= 0.6 is 0 Å². The van der Waals surface area contributed by atoms with Gasteiger partial charge in [0.25, 0.3) is 0 Å². The molecule has 1 rings (SSSR count). The third-order valence-electron chi connectivity index (χ3n) is 3.22. The van der Waals surface area contributed by atoms with Crippen LogP contribution in [0, 0.1) is 0 Å². The molecule has 18 heavy (non-hydrogen) atoms. The van der Waals surface area contributed by atoms with Gasteiger partial charge >= 0.3 is 0 Å². The Kier molecular flexibility index (Phi) is 6.16. The van der Waals surface area contributed by atoms with Crippen LogP contribution in [0.3, 0.4) is 0 Å². The summed E-state index contributed by atoms with van der Waals surface area (Å²) in [6, 6.07) is 8.13. The Morgan fingerprint density at radius 2 is 1.94 bits per heavy atom. The summed E-state index contributed by atoms with van der Waals surface area (Å²) in [7, 11) is 1.67. The van der Waals surface area contributed by atoms with Crippen LogP contribution in [-0.2, 0) is 6.42 Å². The van der Waals surface area contributed by atoms with Gasteiger partial charge in [-0.3, -0.25) is 0 Å². The minimum absolute atomic E-state index is 0.0423. The van der Waals surface area contributed by atoms with Gasteiger partial charge in [-0.05, 0) is 50.4 Å². The molecule has 0 aliphatic rings. The number of benzene rings is 1. The summed E-state index contributed by atoms with van der Waals surface area (Å²) in [6.45, 7) is 5.51. The fourth-order valence-corrected chi connectivity index (χ4v) is 2.11. The van der Waals surface area contributed by atoms with E-state index in [1.807, 2.05) is 12.1 Å². The Balaban J connectivity index is 2.68. The smallest absolute Gasteiger partial charge is 0.118 e. The van der Waals surface area contributed by atoms with E-state index < -0.39 is 0 Å². The molecule has 1 aromatic carbocycles. The van der Waals surface area contributed by atoms with E-state index in [1.54, 1.807) is 7.11 Å². The van der Waals surface area contributed by atoms with E-state index in [0.29, 0.717) is 0 Å². The lowest BCUT2D eigenvalue weighted by atomic mass is 9.89. The van der Waals surface area contributed by atoms with Gasteiger partial charge in [-0.2, -0.15) is 0 Å². The maximum absolute atomic E-state index is 9.20. The summed E-state index contributed by atoms with van der Waals surface area (Å²) in [4.78, 5) is 0. The molecule has 1 atom stereocenters. The second kappa shape index (κ2) is 7.39. The van der Waals surface area contributed by atoms with E-state index in [0.717, 1.165) is 31.6 Å². The highest BCUT2D eigenvalue weighted by atomic mass is 16.5. The number of rotatable bonds is 8. The highest BCUT2D eigenvalue weighted by Gasteiger charge is 2.22. The molecule has 0 aromatic heterocycles. The van der Waals surface area contributed by atoms with Crippen molar-refractivity contribution in [1.82, 2.24) is 5.32 Å². The molecule has 3 heteroatoms. The lowest BCUT2D eigenvalue weighted by Crippen LogP contribution is -2.45. The molecule has 0 aliphatic heterocycles. The Hall–Kier alpha value is -1.06. The first-order chi connectivity index (χ1) is 8.63.